The molecule has 0 aliphatic rings. The average Bonchev–Trinajstić information content (AvgIpc) is 3.12. The zero-order chi connectivity index (χ0) is 18.6. The molecule has 0 bridgehead atoms. The monoisotopic (exact) mass is 355 g/mol. The van der Waals surface area contributed by atoms with E-state index in [9.17, 15) is 4.79 Å². The molecule has 27 heavy (non-hydrogen) atoms. The van der Waals surface area contributed by atoms with Crippen LogP contribution in [0.5, 0.6) is 0 Å². The number of hydrogen-bond donors (Lipinski definition) is 1. The summed E-state index contributed by atoms with van der Waals surface area (Å²) in [5, 5.41) is 1.01. The van der Waals surface area contributed by atoms with Gasteiger partial charge in [0.05, 0.1) is 6.42 Å². The van der Waals surface area contributed by atoms with Gasteiger partial charge in [0.25, 0.3) is 0 Å². The Labute approximate surface area is 158 Å². The number of pyridine rings is 1. The zero-order valence-corrected chi connectivity index (χ0v) is 15.2. The minimum absolute atomic E-state index is 0.0897. The van der Waals surface area contributed by atoms with Crippen LogP contribution in [-0.4, -0.2) is 27.8 Å². The Hall–Kier alpha value is -3.40. The maximum atomic E-state index is 12.6. The fourth-order valence-corrected chi connectivity index (χ4v) is 3.25. The Kier molecular flexibility index (Phi) is 4.71. The predicted molar refractivity (Wildman–Crippen MR) is 108 cm³/mol. The van der Waals surface area contributed by atoms with Crippen molar-refractivity contribution in [3.8, 4) is 11.1 Å². The first-order valence-electron chi connectivity index (χ1n) is 9.00. The van der Waals surface area contributed by atoms with Gasteiger partial charge in [-0.05, 0) is 34.4 Å². The lowest BCUT2D eigenvalue weighted by Crippen LogP contribution is -2.27. The maximum absolute atomic E-state index is 12.6. The molecular weight excluding hydrogens is 334 g/mol. The minimum atomic E-state index is 0.0897. The predicted octanol–water partition coefficient (Wildman–Crippen LogP) is 4.43. The summed E-state index contributed by atoms with van der Waals surface area (Å²) in [5.41, 5.74) is 5.29. The van der Waals surface area contributed by atoms with E-state index in [4.69, 9.17) is 0 Å². The topological polar surface area (TPSA) is 49.0 Å². The SMILES string of the molecule is CN(Cc1ccc(-c2ccccc2)cc1)C(=O)Cc1c[nH]c2ncccc12. The summed E-state index contributed by atoms with van der Waals surface area (Å²) in [6.07, 6.45) is 3.98. The van der Waals surface area contributed by atoms with Crippen molar-refractivity contribution >= 4 is 16.9 Å². The highest BCUT2D eigenvalue weighted by Crippen LogP contribution is 2.20. The van der Waals surface area contributed by atoms with E-state index in [2.05, 4.69) is 46.4 Å². The Morgan fingerprint density at radius 1 is 0.963 bits per heavy atom. The summed E-state index contributed by atoms with van der Waals surface area (Å²) < 4.78 is 0. The fraction of sp³-hybridized carbons (Fsp3) is 0.130. The number of H-pyrrole nitrogens is 1. The molecule has 2 heterocycles. The Morgan fingerprint density at radius 2 is 1.70 bits per heavy atom. The molecule has 0 unspecified atom stereocenters. The van der Waals surface area contributed by atoms with E-state index in [0.29, 0.717) is 13.0 Å². The first kappa shape index (κ1) is 17.0. The van der Waals surface area contributed by atoms with Gasteiger partial charge in [0.2, 0.25) is 5.91 Å². The lowest BCUT2D eigenvalue weighted by molar-refractivity contribution is -0.129. The number of rotatable bonds is 5. The molecule has 0 radical (unpaired) electrons. The smallest absolute Gasteiger partial charge is 0.227 e. The van der Waals surface area contributed by atoms with E-state index in [1.165, 1.54) is 11.1 Å². The van der Waals surface area contributed by atoms with Crippen LogP contribution in [0.2, 0.25) is 0 Å². The number of nitrogens with one attached hydrogen (secondary N) is 1. The third-order valence-corrected chi connectivity index (χ3v) is 4.79. The van der Waals surface area contributed by atoms with Crippen molar-refractivity contribution in [1.82, 2.24) is 14.9 Å². The lowest BCUT2D eigenvalue weighted by Gasteiger charge is -2.17. The molecule has 0 saturated heterocycles. The Morgan fingerprint density at radius 3 is 2.48 bits per heavy atom. The molecule has 4 rings (SSSR count). The Bertz CT molecular complexity index is 1050. The molecule has 134 valence electrons. The van der Waals surface area contributed by atoms with Gasteiger partial charge in [-0.25, -0.2) is 4.98 Å². The molecule has 4 nitrogen and oxygen atoms in total. The molecule has 0 aliphatic heterocycles. The highest BCUT2D eigenvalue weighted by molar-refractivity contribution is 5.87. The van der Waals surface area contributed by atoms with Crippen LogP contribution in [0.15, 0.2) is 79.1 Å². The number of carbonyl (C=O) groups excluding carboxylic acids is 1. The van der Waals surface area contributed by atoms with E-state index in [1.54, 1.807) is 11.1 Å². The van der Waals surface area contributed by atoms with Crippen LogP contribution >= 0.6 is 0 Å². The summed E-state index contributed by atoms with van der Waals surface area (Å²) in [5.74, 6) is 0.0897. The first-order chi connectivity index (χ1) is 13.2. The number of benzene rings is 2. The van der Waals surface area contributed by atoms with Crippen LogP contribution in [0, 0.1) is 0 Å². The van der Waals surface area contributed by atoms with Crippen molar-refractivity contribution in [2.45, 2.75) is 13.0 Å². The van der Waals surface area contributed by atoms with E-state index >= 15 is 0 Å². The number of fused-ring (bicyclic) bond motifs is 1. The molecule has 0 atom stereocenters. The van der Waals surface area contributed by atoms with Crippen LogP contribution in [0.3, 0.4) is 0 Å². The normalized spacial score (nSPS) is 10.9. The number of hydrogen-bond acceptors (Lipinski definition) is 2. The van der Waals surface area contributed by atoms with E-state index in [-0.39, 0.29) is 5.91 Å². The van der Waals surface area contributed by atoms with E-state index < -0.39 is 0 Å². The number of nitrogens with zero attached hydrogens (tertiary/aromatic N) is 2. The zero-order valence-electron chi connectivity index (χ0n) is 15.2. The van der Waals surface area contributed by atoms with Crippen molar-refractivity contribution in [2.75, 3.05) is 7.05 Å². The number of aromatic amines is 1. The molecule has 4 aromatic rings. The van der Waals surface area contributed by atoms with Gasteiger partial charge in [-0.3, -0.25) is 4.79 Å². The standard InChI is InChI=1S/C23H21N3O/c1-26(22(27)14-20-15-25-23-21(20)8-5-13-24-23)16-17-9-11-19(12-10-17)18-6-3-2-4-7-18/h2-13,15H,14,16H2,1H3,(H,24,25). The maximum Gasteiger partial charge on any atom is 0.227 e. The van der Waals surface area contributed by atoms with Crippen molar-refractivity contribution in [1.29, 1.82) is 0 Å². The second-order valence-corrected chi connectivity index (χ2v) is 6.70. The molecule has 0 spiro atoms. The van der Waals surface area contributed by atoms with Crippen molar-refractivity contribution < 1.29 is 4.79 Å². The molecule has 0 aliphatic carbocycles. The van der Waals surface area contributed by atoms with Gasteiger partial charge in [0, 0.05) is 31.4 Å². The minimum Gasteiger partial charge on any atom is -0.346 e. The van der Waals surface area contributed by atoms with E-state index in [1.807, 2.05) is 43.6 Å². The van der Waals surface area contributed by atoms with Crippen LogP contribution < -0.4 is 0 Å². The fourth-order valence-electron chi connectivity index (χ4n) is 3.25. The highest BCUT2D eigenvalue weighted by atomic mass is 16.2. The molecule has 0 saturated carbocycles. The van der Waals surface area contributed by atoms with Gasteiger partial charge < -0.3 is 9.88 Å². The average molecular weight is 355 g/mol. The third kappa shape index (κ3) is 3.75. The summed E-state index contributed by atoms with van der Waals surface area (Å²) in [6, 6.07) is 22.5. The molecule has 4 heteroatoms. The number of carbonyl (C=O) groups is 1. The first-order valence-corrected chi connectivity index (χ1v) is 9.00. The van der Waals surface area contributed by atoms with Crippen LogP contribution in [-0.2, 0) is 17.8 Å². The van der Waals surface area contributed by atoms with Crippen LogP contribution in [0.4, 0.5) is 0 Å². The second-order valence-electron chi connectivity index (χ2n) is 6.70. The van der Waals surface area contributed by atoms with E-state index in [0.717, 1.165) is 22.2 Å². The summed E-state index contributed by atoms with van der Waals surface area (Å²) in [4.78, 5) is 21.8. The highest BCUT2D eigenvalue weighted by Gasteiger charge is 2.13. The van der Waals surface area contributed by atoms with Crippen molar-refractivity contribution in [3.05, 3.63) is 90.3 Å². The van der Waals surface area contributed by atoms with Crippen LogP contribution in [0.1, 0.15) is 11.1 Å². The second kappa shape index (κ2) is 7.46. The molecular formula is C23H21N3O. The molecule has 2 aromatic heterocycles. The summed E-state index contributed by atoms with van der Waals surface area (Å²) in [6.45, 7) is 0.592. The van der Waals surface area contributed by atoms with Gasteiger partial charge in [-0.2, -0.15) is 0 Å². The molecule has 1 N–H and O–H groups in total. The lowest BCUT2D eigenvalue weighted by atomic mass is 10.0. The molecule has 0 fully saturated rings. The summed E-state index contributed by atoms with van der Waals surface area (Å²) >= 11 is 0. The molecule has 1 amide bonds. The van der Waals surface area contributed by atoms with Gasteiger partial charge in [-0.15, -0.1) is 0 Å². The number of aromatic nitrogens is 2. The quantitative estimate of drug-likeness (QED) is 0.576. The van der Waals surface area contributed by atoms with Crippen molar-refractivity contribution in [2.24, 2.45) is 0 Å². The van der Waals surface area contributed by atoms with Crippen molar-refractivity contribution in [3.63, 3.8) is 0 Å². The number of amides is 1. The van der Waals surface area contributed by atoms with Gasteiger partial charge >= 0.3 is 0 Å². The van der Waals surface area contributed by atoms with Gasteiger partial charge in [0.1, 0.15) is 5.65 Å². The number of likely N-dealkylation sites (N-methyl/N-ethyl adjacent to an activating group) is 1. The summed E-state index contributed by atoms with van der Waals surface area (Å²) in [7, 11) is 1.85. The van der Waals surface area contributed by atoms with Gasteiger partial charge in [-0.1, -0.05) is 54.6 Å². The Balaban J connectivity index is 1.42. The largest absolute Gasteiger partial charge is 0.346 e. The van der Waals surface area contributed by atoms with Crippen LogP contribution in [0.25, 0.3) is 22.2 Å². The molecule has 2 aromatic carbocycles. The van der Waals surface area contributed by atoms with Gasteiger partial charge in [0.15, 0.2) is 0 Å². The third-order valence-electron chi connectivity index (χ3n) is 4.79.